The van der Waals surface area contributed by atoms with Crippen molar-refractivity contribution < 1.29 is 19.7 Å². The second-order valence-electron chi connectivity index (χ2n) is 4.21. The minimum Gasteiger partial charge on any atom is -0.462 e. The average molecular weight is 202 g/mol. The van der Waals surface area contributed by atoms with Crippen LogP contribution >= 0.6 is 0 Å². The summed E-state index contributed by atoms with van der Waals surface area (Å²) in [6.45, 7) is 1.82. The van der Waals surface area contributed by atoms with E-state index in [1.54, 1.807) is 6.92 Å². The van der Waals surface area contributed by atoms with E-state index in [0.29, 0.717) is 6.42 Å². The standard InChI is InChI=1S/C10H18O4/c1-10(13)6-8(4-2-3-5-11)14-9(12)7-10/h8,11,13H,2-7H2,1H3. The number of unbranched alkanes of at least 4 members (excludes halogenated alkanes) is 1. The van der Waals surface area contributed by atoms with Crippen molar-refractivity contribution in [1.29, 1.82) is 0 Å². The summed E-state index contributed by atoms with van der Waals surface area (Å²) in [5, 5.41) is 18.3. The number of carbonyl (C=O) groups is 1. The Morgan fingerprint density at radius 2 is 2.29 bits per heavy atom. The zero-order chi connectivity index (χ0) is 10.6. The van der Waals surface area contributed by atoms with Crippen molar-refractivity contribution in [1.82, 2.24) is 0 Å². The van der Waals surface area contributed by atoms with Crippen LogP contribution in [0, 0.1) is 0 Å². The molecule has 0 spiro atoms. The lowest BCUT2D eigenvalue weighted by Crippen LogP contribution is -2.40. The van der Waals surface area contributed by atoms with E-state index in [1.807, 2.05) is 0 Å². The van der Waals surface area contributed by atoms with Gasteiger partial charge in [0.05, 0.1) is 12.0 Å². The van der Waals surface area contributed by atoms with E-state index >= 15 is 0 Å². The van der Waals surface area contributed by atoms with E-state index in [0.717, 1.165) is 19.3 Å². The van der Waals surface area contributed by atoms with Crippen molar-refractivity contribution in [3.63, 3.8) is 0 Å². The Morgan fingerprint density at radius 3 is 2.86 bits per heavy atom. The number of cyclic esters (lactones) is 1. The SMILES string of the molecule is CC1(O)CC(=O)OC(CCCCO)C1. The molecule has 4 heteroatoms. The lowest BCUT2D eigenvalue weighted by atomic mass is 9.90. The molecule has 0 amide bonds. The minimum absolute atomic E-state index is 0.0868. The predicted octanol–water partition coefficient (Wildman–Crippen LogP) is 0.606. The molecule has 82 valence electrons. The first kappa shape index (κ1) is 11.5. The summed E-state index contributed by atoms with van der Waals surface area (Å²) in [5.41, 5.74) is -0.917. The van der Waals surface area contributed by atoms with Crippen molar-refractivity contribution in [3.8, 4) is 0 Å². The molecule has 4 nitrogen and oxygen atoms in total. The molecule has 0 radical (unpaired) electrons. The summed E-state index contributed by atoms with van der Waals surface area (Å²) in [6.07, 6.45) is 2.68. The fraction of sp³-hybridized carbons (Fsp3) is 0.900. The molecule has 0 saturated carbocycles. The van der Waals surface area contributed by atoms with Crippen LogP contribution in [0.15, 0.2) is 0 Å². The quantitative estimate of drug-likeness (QED) is 0.517. The van der Waals surface area contributed by atoms with Gasteiger partial charge in [0, 0.05) is 13.0 Å². The van der Waals surface area contributed by atoms with Crippen LogP contribution in [0.4, 0.5) is 0 Å². The number of ether oxygens (including phenoxy) is 1. The highest BCUT2D eigenvalue weighted by Gasteiger charge is 2.35. The van der Waals surface area contributed by atoms with Crippen LogP contribution in [0.25, 0.3) is 0 Å². The van der Waals surface area contributed by atoms with Crippen LogP contribution in [0.1, 0.15) is 39.0 Å². The fourth-order valence-electron chi connectivity index (χ4n) is 1.79. The Hall–Kier alpha value is -0.610. The van der Waals surface area contributed by atoms with Crippen LogP contribution < -0.4 is 0 Å². The van der Waals surface area contributed by atoms with Crippen molar-refractivity contribution in [3.05, 3.63) is 0 Å². The number of aliphatic hydroxyl groups excluding tert-OH is 1. The molecule has 2 atom stereocenters. The maximum atomic E-state index is 11.1. The Morgan fingerprint density at radius 1 is 1.57 bits per heavy atom. The van der Waals surface area contributed by atoms with Crippen LogP contribution in [0.5, 0.6) is 0 Å². The highest BCUT2D eigenvalue weighted by atomic mass is 16.5. The Labute approximate surface area is 83.9 Å². The minimum atomic E-state index is -0.917. The van der Waals surface area contributed by atoms with Gasteiger partial charge in [-0.1, -0.05) is 0 Å². The van der Waals surface area contributed by atoms with Gasteiger partial charge in [0.2, 0.25) is 0 Å². The molecule has 0 aromatic heterocycles. The number of hydrogen-bond donors (Lipinski definition) is 2. The smallest absolute Gasteiger partial charge is 0.308 e. The second-order valence-corrected chi connectivity index (χ2v) is 4.21. The van der Waals surface area contributed by atoms with Gasteiger partial charge in [0.1, 0.15) is 6.10 Å². The van der Waals surface area contributed by atoms with Crippen LogP contribution in [-0.2, 0) is 9.53 Å². The molecule has 1 rings (SSSR count). The molecule has 1 aliphatic rings. The van der Waals surface area contributed by atoms with E-state index < -0.39 is 5.60 Å². The second kappa shape index (κ2) is 4.75. The molecule has 1 fully saturated rings. The Bertz CT molecular complexity index is 200. The molecule has 1 saturated heterocycles. The third-order valence-corrected chi connectivity index (χ3v) is 2.42. The van der Waals surface area contributed by atoms with E-state index in [2.05, 4.69) is 0 Å². The van der Waals surface area contributed by atoms with Gasteiger partial charge in [0.25, 0.3) is 0 Å². The maximum Gasteiger partial charge on any atom is 0.308 e. The highest BCUT2D eigenvalue weighted by Crippen LogP contribution is 2.27. The summed E-state index contributed by atoms with van der Waals surface area (Å²) in [4.78, 5) is 11.1. The summed E-state index contributed by atoms with van der Waals surface area (Å²) < 4.78 is 5.09. The fourth-order valence-corrected chi connectivity index (χ4v) is 1.79. The maximum absolute atomic E-state index is 11.1. The van der Waals surface area contributed by atoms with Crippen LogP contribution in [-0.4, -0.2) is 34.5 Å². The number of aliphatic hydroxyl groups is 2. The molecule has 1 aliphatic heterocycles. The molecule has 0 aromatic carbocycles. The van der Waals surface area contributed by atoms with Gasteiger partial charge in [-0.15, -0.1) is 0 Å². The monoisotopic (exact) mass is 202 g/mol. The molecule has 2 N–H and O–H groups in total. The average Bonchev–Trinajstić information content (AvgIpc) is 2.00. The van der Waals surface area contributed by atoms with Gasteiger partial charge >= 0.3 is 5.97 Å². The van der Waals surface area contributed by atoms with E-state index in [4.69, 9.17) is 9.84 Å². The highest BCUT2D eigenvalue weighted by molar-refractivity contribution is 5.71. The summed E-state index contributed by atoms with van der Waals surface area (Å²) in [5.74, 6) is -0.324. The van der Waals surface area contributed by atoms with Gasteiger partial charge < -0.3 is 14.9 Å². The van der Waals surface area contributed by atoms with Crippen molar-refractivity contribution >= 4 is 5.97 Å². The Kier molecular flexibility index (Phi) is 3.89. The first-order valence-electron chi connectivity index (χ1n) is 5.06. The first-order chi connectivity index (χ1) is 6.53. The van der Waals surface area contributed by atoms with Gasteiger partial charge in [-0.3, -0.25) is 4.79 Å². The zero-order valence-electron chi connectivity index (χ0n) is 8.53. The number of carbonyl (C=O) groups excluding carboxylic acids is 1. The Balaban J connectivity index is 2.34. The molecule has 0 bridgehead atoms. The third kappa shape index (κ3) is 3.64. The zero-order valence-corrected chi connectivity index (χ0v) is 8.53. The van der Waals surface area contributed by atoms with Gasteiger partial charge in [-0.05, 0) is 26.2 Å². The lowest BCUT2D eigenvalue weighted by Gasteiger charge is -2.33. The number of hydrogen-bond acceptors (Lipinski definition) is 4. The lowest BCUT2D eigenvalue weighted by molar-refractivity contribution is -0.168. The van der Waals surface area contributed by atoms with E-state index in [-0.39, 0.29) is 25.1 Å². The van der Waals surface area contributed by atoms with Crippen molar-refractivity contribution in [2.75, 3.05) is 6.61 Å². The van der Waals surface area contributed by atoms with Crippen molar-refractivity contribution in [2.45, 2.75) is 50.7 Å². The molecule has 2 unspecified atom stereocenters. The van der Waals surface area contributed by atoms with E-state index in [1.165, 1.54) is 0 Å². The van der Waals surface area contributed by atoms with Gasteiger partial charge in [0.15, 0.2) is 0 Å². The summed E-state index contributed by atoms with van der Waals surface area (Å²) >= 11 is 0. The number of rotatable bonds is 4. The van der Waals surface area contributed by atoms with Crippen molar-refractivity contribution in [2.24, 2.45) is 0 Å². The third-order valence-electron chi connectivity index (χ3n) is 2.42. The van der Waals surface area contributed by atoms with Gasteiger partial charge in [-0.2, -0.15) is 0 Å². The summed E-state index contributed by atoms with van der Waals surface area (Å²) in [7, 11) is 0. The van der Waals surface area contributed by atoms with E-state index in [9.17, 15) is 9.90 Å². The predicted molar refractivity (Wildman–Crippen MR) is 50.7 cm³/mol. The van der Waals surface area contributed by atoms with Crippen LogP contribution in [0.2, 0.25) is 0 Å². The molecule has 1 heterocycles. The molecule has 14 heavy (non-hydrogen) atoms. The topological polar surface area (TPSA) is 66.8 Å². The molecular weight excluding hydrogens is 184 g/mol. The normalized spacial score (nSPS) is 32.8. The number of esters is 1. The molecular formula is C10H18O4. The first-order valence-corrected chi connectivity index (χ1v) is 5.06. The molecule has 0 aromatic rings. The molecule has 0 aliphatic carbocycles. The van der Waals surface area contributed by atoms with Gasteiger partial charge in [-0.25, -0.2) is 0 Å². The van der Waals surface area contributed by atoms with Crippen LogP contribution in [0.3, 0.4) is 0 Å². The largest absolute Gasteiger partial charge is 0.462 e. The summed E-state index contributed by atoms with van der Waals surface area (Å²) in [6, 6.07) is 0.